The van der Waals surface area contributed by atoms with Gasteiger partial charge in [0.15, 0.2) is 0 Å². The van der Waals surface area contributed by atoms with Crippen LogP contribution in [0.4, 0.5) is 8.78 Å². The number of nitrogens with one attached hydrogen (secondary N) is 1. The summed E-state index contributed by atoms with van der Waals surface area (Å²) in [7, 11) is -3.85. The number of carbonyl (C=O) groups excluding carboxylic acids is 1. The van der Waals surface area contributed by atoms with Gasteiger partial charge >= 0.3 is 5.97 Å². The van der Waals surface area contributed by atoms with E-state index in [9.17, 15) is 22.0 Å². The lowest BCUT2D eigenvalue weighted by Crippen LogP contribution is -2.40. The van der Waals surface area contributed by atoms with E-state index in [-0.39, 0.29) is 17.1 Å². The summed E-state index contributed by atoms with van der Waals surface area (Å²) in [6.45, 7) is 1.95. The molecule has 1 N–H and O–H groups in total. The fourth-order valence-electron chi connectivity index (χ4n) is 3.44. The van der Waals surface area contributed by atoms with Crippen LogP contribution < -0.4 is 4.72 Å². The molecule has 0 saturated heterocycles. The van der Waals surface area contributed by atoms with Crippen molar-refractivity contribution in [3.8, 4) is 11.1 Å². The van der Waals surface area contributed by atoms with Crippen molar-refractivity contribution in [3.05, 3.63) is 54.1 Å². The van der Waals surface area contributed by atoms with E-state index in [0.717, 1.165) is 18.6 Å². The van der Waals surface area contributed by atoms with Crippen LogP contribution in [0.5, 0.6) is 0 Å². The molecule has 5 nitrogen and oxygen atoms in total. The highest BCUT2D eigenvalue weighted by molar-refractivity contribution is 7.89. The Labute approximate surface area is 162 Å². The molecule has 0 radical (unpaired) electrons. The molecule has 2 atom stereocenters. The molecule has 1 fully saturated rings. The number of halogens is 2. The summed E-state index contributed by atoms with van der Waals surface area (Å²) in [5.41, 5.74) is 0.609. The second-order valence-electron chi connectivity index (χ2n) is 6.67. The monoisotopic (exact) mass is 409 g/mol. The predicted octanol–water partition coefficient (Wildman–Crippen LogP) is 3.64. The molecule has 28 heavy (non-hydrogen) atoms. The van der Waals surface area contributed by atoms with Gasteiger partial charge in [-0.15, -0.1) is 0 Å². The minimum absolute atomic E-state index is 0.00767. The minimum atomic E-state index is -3.85. The van der Waals surface area contributed by atoms with Gasteiger partial charge in [0.05, 0.1) is 17.4 Å². The van der Waals surface area contributed by atoms with Crippen LogP contribution in [-0.2, 0) is 19.6 Å². The van der Waals surface area contributed by atoms with Gasteiger partial charge in [-0.05, 0) is 49.6 Å². The third kappa shape index (κ3) is 4.39. The highest BCUT2D eigenvalue weighted by atomic mass is 32.2. The van der Waals surface area contributed by atoms with Crippen molar-refractivity contribution in [3.63, 3.8) is 0 Å². The zero-order valence-electron chi connectivity index (χ0n) is 15.3. The molecule has 0 amide bonds. The Balaban J connectivity index is 1.78. The summed E-state index contributed by atoms with van der Waals surface area (Å²) >= 11 is 0. The quantitative estimate of drug-likeness (QED) is 0.740. The highest BCUT2D eigenvalue weighted by Gasteiger charge is 2.36. The molecular formula is C20H21F2NO4S. The number of esters is 1. The Bertz CT molecular complexity index is 961. The number of ether oxygens (including phenoxy) is 1. The van der Waals surface area contributed by atoms with Crippen LogP contribution in [-0.4, -0.2) is 27.0 Å². The van der Waals surface area contributed by atoms with Gasteiger partial charge in [-0.3, -0.25) is 4.79 Å². The second-order valence-corrected chi connectivity index (χ2v) is 8.38. The van der Waals surface area contributed by atoms with Gasteiger partial charge in [-0.25, -0.2) is 21.9 Å². The van der Waals surface area contributed by atoms with Gasteiger partial charge in [-0.2, -0.15) is 0 Å². The molecule has 0 bridgehead atoms. The third-order valence-corrected chi connectivity index (χ3v) is 6.32. The minimum Gasteiger partial charge on any atom is -0.466 e. The van der Waals surface area contributed by atoms with Crippen LogP contribution in [0.1, 0.15) is 26.2 Å². The fraction of sp³-hybridized carbons (Fsp3) is 0.350. The van der Waals surface area contributed by atoms with E-state index in [1.54, 1.807) is 6.92 Å². The number of hydrogen-bond donors (Lipinski definition) is 1. The lowest BCUT2D eigenvalue weighted by atomic mass is 10.1. The van der Waals surface area contributed by atoms with Crippen LogP contribution in [0.3, 0.4) is 0 Å². The molecule has 1 saturated carbocycles. The van der Waals surface area contributed by atoms with Crippen molar-refractivity contribution in [1.29, 1.82) is 0 Å². The lowest BCUT2D eigenvalue weighted by molar-refractivity contribution is -0.148. The molecular weight excluding hydrogens is 388 g/mol. The van der Waals surface area contributed by atoms with Crippen LogP contribution in [0, 0.1) is 17.6 Å². The first-order chi connectivity index (χ1) is 13.3. The smallest absolute Gasteiger partial charge is 0.310 e. The molecule has 0 aromatic heterocycles. The molecule has 1 aliphatic rings. The number of sulfonamides is 1. The molecule has 150 valence electrons. The third-order valence-electron chi connectivity index (χ3n) is 4.82. The zero-order chi connectivity index (χ0) is 20.3. The summed E-state index contributed by atoms with van der Waals surface area (Å²) in [6.07, 6.45) is 1.87. The van der Waals surface area contributed by atoms with Gasteiger partial charge in [0.2, 0.25) is 10.0 Å². The first-order valence-electron chi connectivity index (χ1n) is 9.06. The number of carbonyl (C=O) groups is 1. The van der Waals surface area contributed by atoms with Gasteiger partial charge in [0.25, 0.3) is 0 Å². The summed E-state index contributed by atoms with van der Waals surface area (Å²) in [5, 5.41) is 0. The Hall–Kier alpha value is -2.32. The fourth-order valence-corrected chi connectivity index (χ4v) is 4.75. The van der Waals surface area contributed by atoms with E-state index < -0.39 is 39.6 Å². The van der Waals surface area contributed by atoms with Crippen LogP contribution >= 0.6 is 0 Å². The molecule has 0 spiro atoms. The summed E-state index contributed by atoms with van der Waals surface area (Å²) in [6, 6.07) is 8.33. The van der Waals surface area contributed by atoms with E-state index >= 15 is 0 Å². The van der Waals surface area contributed by atoms with E-state index in [1.807, 2.05) is 0 Å². The maximum Gasteiger partial charge on any atom is 0.310 e. The highest BCUT2D eigenvalue weighted by Crippen LogP contribution is 2.29. The number of rotatable bonds is 6. The maximum atomic E-state index is 13.9. The average Bonchev–Trinajstić information content (AvgIpc) is 3.09. The molecule has 2 aromatic carbocycles. The molecule has 3 rings (SSSR count). The Morgan fingerprint density at radius 1 is 1.14 bits per heavy atom. The van der Waals surface area contributed by atoms with Crippen molar-refractivity contribution in [2.24, 2.45) is 5.92 Å². The Morgan fingerprint density at radius 2 is 1.86 bits per heavy atom. The second kappa shape index (κ2) is 8.36. The topological polar surface area (TPSA) is 72.5 Å². The lowest BCUT2D eigenvalue weighted by Gasteiger charge is -2.19. The van der Waals surface area contributed by atoms with Crippen molar-refractivity contribution >= 4 is 16.0 Å². The first-order valence-corrected chi connectivity index (χ1v) is 10.5. The van der Waals surface area contributed by atoms with E-state index in [2.05, 4.69) is 4.72 Å². The van der Waals surface area contributed by atoms with Crippen LogP contribution in [0.25, 0.3) is 11.1 Å². The SMILES string of the molecule is CCOC(=O)[C@H]1CCC[C@H]1NS(=O)(=O)c1ccc(-c2ccc(F)cc2F)cc1. The molecule has 1 aliphatic carbocycles. The van der Waals surface area contributed by atoms with Gasteiger partial charge in [0.1, 0.15) is 11.6 Å². The van der Waals surface area contributed by atoms with Crippen molar-refractivity contribution < 1.29 is 26.7 Å². The average molecular weight is 409 g/mol. The van der Waals surface area contributed by atoms with E-state index in [1.165, 1.54) is 30.3 Å². The number of benzene rings is 2. The molecule has 0 aliphatic heterocycles. The van der Waals surface area contributed by atoms with Crippen molar-refractivity contribution in [2.45, 2.75) is 37.1 Å². The predicted molar refractivity (Wildman–Crippen MR) is 99.9 cm³/mol. The van der Waals surface area contributed by atoms with Gasteiger partial charge < -0.3 is 4.74 Å². The van der Waals surface area contributed by atoms with E-state index in [4.69, 9.17) is 4.74 Å². The standard InChI is InChI=1S/C20H21F2NO4S/c1-2-27-20(24)17-4-3-5-19(17)23-28(25,26)15-9-6-13(7-10-15)16-11-8-14(21)12-18(16)22/h6-12,17,19,23H,2-5H2,1H3/t17-,19+/m0/s1. The van der Waals surface area contributed by atoms with Gasteiger partial charge in [-0.1, -0.05) is 18.6 Å². The maximum absolute atomic E-state index is 13.9. The molecule has 8 heteroatoms. The summed E-state index contributed by atoms with van der Waals surface area (Å²) in [5.74, 6) is -2.30. The van der Waals surface area contributed by atoms with Crippen LogP contribution in [0.2, 0.25) is 0 Å². The van der Waals surface area contributed by atoms with Crippen molar-refractivity contribution in [2.75, 3.05) is 6.61 Å². The molecule has 0 heterocycles. The first kappa shape index (κ1) is 20.4. The van der Waals surface area contributed by atoms with Crippen molar-refractivity contribution in [1.82, 2.24) is 4.72 Å². The van der Waals surface area contributed by atoms with Crippen LogP contribution in [0.15, 0.2) is 47.4 Å². The summed E-state index contributed by atoms with van der Waals surface area (Å²) in [4.78, 5) is 12.0. The Kier molecular flexibility index (Phi) is 6.10. The molecule has 2 aromatic rings. The zero-order valence-corrected chi connectivity index (χ0v) is 16.1. The van der Waals surface area contributed by atoms with E-state index in [0.29, 0.717) is 18.4 Å². The molecule has 0 unspecified atom stereocenters. The normalized spacial score (nSPS) is 19.5. The Morgan fingerprint density at radius 3 is 2.50 bits per heavy atom. The van der Waals surface area contributed by atoms with Gasteiger partial charge in [0, 0.05) is 17.7 Å². The largest absolute Gasteiger partial charge is 0.466 e. The number of hydrogen-bond acceptors (Lipinski definition) is 4. The summed E-state index contributed by atoms with van der Waals surface area (Å²) < 4.78 is 59.9.